The first kappa shape index (κ1) is 96.1. The molecule has 0 radical (unpaired) electrons. The maximum absolute atomic E-state index is 13.1. The van der Waals surface area contributed by atoms with Gasteiger partial charge < -0.3 is 52.1 Å². The van der Waals surface area contributed by atoms with E-state index < -0.39 is 71.3 Å². The van der Waals surface area contributed by atoms with Gasteiger partial charge in [-0.3, -0.25) is 33.4 Å². The minimum absolute atomic E-state index is 0.00226. The summed E-state index contributed by atoms with van der Waals surface area (Å²) in [6, 6.07) is 43.9. The predicted molar refractivity (Wildman–Crippen MR) is 521 cm³/mol. The highest BCUT2D eigenvalue weighted by Crippen LogP contribution is 2.43. The zero-order chi connectivity index (χ0) is 98.2. The lowest BCUT2D eigenvalue weighted by atomic mass is 10.1. The number of carboxylic acids is 5. The Kier molecular flexibility index (Phi) is 28.8. The molecular weight excluding hydrogens is 2030 g/mol. The summed E-state index contributed by atoms with van der Waals surface area (Å²) in [5, 5.41) is 83.5. The van der Waals surface area contributed by atoms with Gasteiger partial charge in [0.15, 0.2) is 22.7 Å². The van der Waals surface area contributed by atoms with Crippen LogP contribution in [0.25, 0.3) is 85.4 Å². The zero-order valence-electron chi connectivity index (χ0n) is 69.2. The summed E-state index contributed by atoms with van der Waals surface area (Å²) >= 11 is 36.6. The van der Waals surface area contributed by atoms with Crippen molar-refractivity contribution in [2.75, 3.05) is 26.6 Å². The van der Waals surface area contributed by atoms with Gasteiger partial charge >= 0.3 is 36.0 Å². The van der Waals surface area contributed by atoms with Crippen LogP contribution in [0.2, 0.25) is 25.1 Å². The van der Waals surface area contributed by atoms with Crippen LogP contribution in [-0.2, 0) is 6.18 Å². The number of anilines is 5. The monoisotopic (exact) mass is 2080 g/mol. The molecule has 694 valence electrons. The number of halogens is 8. The summed E-state index contributed by atoms with van der Waals surface area (Å²) in [6.07, 6.45) is 10.6. The molecule has 0 saturated carbocycles. The highest BCUT2D eigenvalue weighted by atomic mass is 35.5. The van der Waals surface area contributed by atoms with Crippen molar-refractivity contribution >= 4 is 247 Å². The van der Waals surface area contributed by atoms with Gasteiger partial charge in [-0.1, -0.05) is 119 Å². The molecule has 0 unspecified atom stereocenters. The van der Waals surface area contributed by atoms with Gasteiger partial charge in [-0.25, -0.2) is 67.4 Å². The second-order valence-corrected chi connectivity index (χ2v) is 35.9. The van der Waals surface area contributed by atoms with E-state index in [-0.39, 0.29) is 90.6 Å². The van der Waals surface area contributed by atoms with E-state index >= 15 is 0 Å². The molecule has 0 spiro atoms. The van der Waals surface area contributed by atoms with E-state index in [9.17, 15) is 86.6 Å². The third-order valence-corrected chi connectivity index (χ3v) is 26.8. The number of aromatic carboxylic acids is 5. The SMILES string of the molecule is O=C(Nc1csc(-c2ccc(Cl)cc2)c1C(=O)O)c1cc2nccc(C(F)(F)F)n2n1.O=C(Nc1csc(-c2ccc(Cl)cc2)c1C(=O)O)c1cc2ncccn2n1.O=C(Nc1csc(-c2ccc(Cl)cc2)c1C(=O)O)c1cc2nccnc2s1.O=C(Nc1csc(-c2ccc(Cl)cc2)c1C(=O)O)c1cn2cccnc2n1.O=C(Nc1csc(-c2ccc(Cl)cc2)c1C(=O)O)c1nc2ncccn2n1. The van der Waals surface area contributed by atoms with Crippen LogP contribution in [0.5, 0.6) is 0 Å². The van der Waals surface area contributed by atoms with Gasteiger partial charge in [-0.2, -0.15) is 28.4 Å². The average Bonchev–Trinajstić information content (AvgIpc) is 1.62. The number of nitrogens with zero attached hydrogens (tertiary/aromatic N) is 15. The fourth-order valence-corrected chi connectivity index (χ4v) is 19.6. The van der Waals surface area contributed by atoms with Crippen LogP contribution < -0.4 is 26.6 Å². The quantitative estimate of drug-likeness (QED) is 0.0339. The molecule has 0 fully saturated rings. The fourth-order valence-electron chi connectivity index (χ4n) is 13.1. The number of thiophene rings is 6. The summed E-state index contributed by atoms with van der Waals surface area (Å²) < 4.78 is 44.4. The number of imidazole rings is 1. The molecule has 139 heavy (non-hydrogen) atoms. The van der Waals surface area contributed by atoms with Crippen molar-refractivity contribution in [3.63, 3.8) is 0 Å². The van der Waals surface area contributed by atoms with E-state index in [0.717, 1.165) is 35.2 Å². The van der Waals surface area contributed by atoms with Crippen molar-refractivity contribution in [3.8, 4) is 52.2 Å². The Labute approximate surface area is 824 Å². The normalized spacial score (nSPS) is 11.0. The number of alkyl halides is 3. The lowest BCUT2D eigenvalue weighted by molar-refractivity contribution is -0.142. The number of fused-ring (bicyclic) bond motifs is 5. The van der Waals surface area contributed by atoms with Crippen molar-refractivity contribution in [1.29, 1.82) is 0 Å². The van der Waals surface area contributed by atoms with Crippen LogP contribution in [0.3, 0.4) is 0 Å². The standard InChI is InChI=1S/C19H10ClF3N4O3S.2C18H11ClN4O3S.C18H10ClN3O3S2.C17H10ClN5O3S/c20-10-3-1-9(2-4-10)16-15(18(29)30)12(8-31-16)25-17(28)11-7-14-24-6-5-13(19(21,22)23)27(14)26-11;19-11-4-2-10(3-5-11)15-14(17(25)26)13(9-27-15)21-16(24)12-8-23-7-1-6-20-18(23)22-12;19-11-4-2-10(3-5-11)16-15(18(25)26)13(9-27-16)21-17(24)12-8-14-20-6-1-7-23(14)22-12;19-10-3-1-9(2-4-10)15-14(18(24)25)12(8-26-15)22-16(23)13-7-11-17(27-13)21-6-5-20-11;18-10-4-2-9(3-5-10)13-12(16(25)26)11(8-27-13)20-15(24)14-21-17-19-6-1-7-23(17)22-14/h1-8H,(H,25,28)(H,29,30);2*1-9H,(H,21,24)(H,25,26);1-8H,(H,22,23)(H,24,25);1-8H,(H,20,24)(H,25,26). The van der Waals surface area contributed by atoms with Crippen molar-refractivity contribution < 1.29 is 86.6 Å². The number of amides is 5. The molecule has 0 saturated heterocycles. The first-order valence-electron chi connectivity index (χ1n) is 39.3. The lowest BCUT2D eigenvalue weighted by Gasteiger charge is -2.07. The second kappa shape index (κ2) is 41.7. The van der Waals surface area contributed by atoms with Crippen LogP contribution in [0.15, 0.2) is 253 Å². The molecule has 5 amide bonds. The number of benzene rings is 5. The molecule has 5 aromatic carbocycles. The van der Waals surface area contributed by atoms with Crippen molar-refractivity contribution in [2.45, 2.75) is 6.18 Å². The number of nitrogens with one attached hydrogen (secondary N) is 5. The number of hydrogen-bond acceptors (Lipinski definition) is 27. The number of aromatic nitrogens is 15. The maximum atomic E-state index is 13.1. The summed E-state index contributed by atoms with van der Waals surface area (Å²) in [4.78, 5) is 158. The Balaban J connectivity index is 0.000000126. The Morgan fingerprint density at radius 2 is 0.705 bits per heavy atom. The van der Waals surface area contributed by atoms with Crippen molar-refractivity contribution in [1.82, 2.24) is 73.1 Å². The highest BCUT2D eigenvalue weighted by molar-refractivity contribution is 7.20. The Morgan fingerprint density at radius 1 is 0.345 bits per heavy atom. The molecular formula is C90H52Cl5F3N20O15S6. The van der Waals surface area contributed by atoms with E-state index in [1.807, 2.05) is 0 Å². The lowest BCUT2D eigenvalue weighted by Crippen LogP contribution is -2.16. The van der Waals surface area contributed by atoms with Gasteiger partial charge in [-0.15, -0.1) is 73.1 Å². The number of rotatable bonds is 20. The first-order chi connectivity index (χ1) is 66.7. The summed E-state index contributed by atoms with van der Waals surface area (Å²) in [5.41, 5.74) is 4.02. The molecule has 20 aromatic rings. The second-order valence-electron chi connectivity index (χ2n) is 28.3. The largest absolute Gasteiger partial charge is 0.478 e. The Morgan fingerprint density at radius 3 is 1.10 bits per heavy atom. The Hall–Kier alpha value is -16.0. The molecule has 10 N–H and O–H groups in total. The van der Waals surface area contributed by atoms with Crippen LogP contribution in [0.4, 0.5) is 41.6 Å². The van der Waals surface area contributed by atoms with Gasteiger partial charge in [0.25, 0.3) is 35.3 Å². The van der Waals surface area contributed by atoms with Crippen LogP contribution in [-0.4, -0.2) is 158 Å². The van der Waals surface area contributed by atoms with Gasteiger partial charge in [-0.05, 0) is 119 Å². The van der Waals surface area contributed by atoms with Crippen molar-refractivity contribution in [3.05, 3.63) is 339 Å². The van der Waals surface area contributed by atoms with E-state index in [1.165, 1.54) is 89.6 Å². The topological polar surface area (TPSA) is 491 Å². The minimum atomic E-state index is -4.70. The van der Waals surface area contributed by atoms with Crippen LogP contribution in [0, 0.1) is 0 Å². The third-order valence-electron chi connectivity index (χ3n) is 19.3. The first-order valence-corrected chi connectivity index (χ1v) is 46.4. The molecule has 20 rings (SSSR count). The summed E-state index contributed by atoms with van der Waals surface area (Å²) in [5.74, 6) is -8.18. The molecule has 15 heterocycles. The molecule has 0 bridgehead atoms. The summed E-state index contributed by atoms with van der Waals surface area (Å²) in [6.45, 7) is 0. The number of carbonyl (C=O) groups is 10. The van der Waals surface area contributed by atoms with E-state index in [4.69, 9.17) is 58.0 Å². The summed E-state index contributed by atoms with van der Waals surface area (Å²) in [7, 11) is 0. The minimum Gasteiger partial charge on any atom is -0.478 e. The average molecular weight is 2080 g/mol. The maximum Gasteiger partial charge on any atom is 0.433 e. The smallest absolute Gasteiger partial charge is 0.433 e. The molecule has 49 heteroatoms. The van der Waals surface area contributed by atoms with E-state index in [0.29, 0.717) is 103 Å². The number of hydrogen-bond donors (Lipinski definition) is 10. The molecule has 0 aliphatic rings. The fraction of sp³-hybridized carbons (Fsp3) is 0.0111. The van der Waals surface area contributed by atoms with Gasteiger partial charge in [0.2, 0.25) is 11.6 Å². The number of carboxylic acid groups (broad SMARTS) is 5. The molecule has 15 aromatic heterocycles. The Bertz CT molecular complexity index is 7320. The molecule has 0 atom stereocenters. The highest BCUT2D eigenvalue weighted by Gasteiger charge is 2.36. The molecule has 0 aliphatic heterocycles. The van der Waals surface area contributed by atoms with Gasteiger partial charge in [0.05, 0.1) is 57.7 Å². The van der Waals surface area contributed by atoms with Crippen LogP contribution in [0.1, 0.15) is 109 Å². The number of carbonyl (C=O) groups excluding carboxylic acids is 5. The zero-order valence-corrected chi connectivity index (χ0v) is 77.9. The molecule has 35 nitrogen and oxygen atoms in total. The van der Waals surface area contributed by atoms with Crippen LogP contribution >= 0.6 is 126 Å². The predicted octanol–water partition coefficient (Wildman–Crippen LogP) is 21.7. The van der Waals surface area contributed by atoms with Crippen molar-refractivity contribution in [2.24, 2.45) is 0 Å². The van der Waals surface area contributed by atoms with E-state index in [1.54, 1.807) is 215 Å². The third kappa shape index (κ3) is 21.9. The van der Waals surface area contributed by atoms with E-state index in [2.05, 4.69) is 81.8 Å². The van der Waals surface area contributed by atoms with Gasteiger partial charge in [0.1, 0.15) is 49.6 Å². The molecule has 0 aliphatic carbocycles. The van der Waals surface area contributed by atoms with Gasteiger partial charge in [0, 0.05) is 126 Å².